The van der Waals surface area contributed by atoms with Crippen LogP contribution in [0.4, 0.5) is 5.82 Å². The number of carbonyl (C=O) groups is 1. The first-order valence-corrected chi connectivity index (χ1v) is 14.6. The molecule has 0 aliphatic carbocycles. The van der Waals surface area contributed by atoms with E-state index in [2.05, 4.69) is 10.00 Å². The third-order valence-electron chi connectivity index (χ3n) is 6.95. The molecule has 1 amide bonds. The highest BCUT2D eigenvalue weighted by Gasteiger charge is 2.34. The molecule has 188 valence electrons. The van der Waals surface area contributed by atoms with Gasteiger partial charge in [0.2, 0.25) is 0 Å². The summed E-state index contributed by atoms with van der Waals surface area (Å²) in [4.78, 5) is 27.6. The highest BCUT2D eigenvalue weighted by Crippen LogP contribution is 2.37. The topological polar surface area (TPSA) is 111 Å². The molecule has 4 aromatic rings. The van der Waals surface area contributed by atoms with E-state index >= 15 is 0 Å². The maximum absolute atomic E-state index is 13.4. The third kappa shape index (κ3) is 4.02. The maximum atomic E-state index is 13.4. The predicted octanol–water partition coefficient (Wildman–Crippen LogP) is 2.34. The summed E-state index contributed by atoms with van der Waals surface area (Å²) in [5, 5.41) is 4.85. The molecule has 0 radical (unpaired) electrons. The van der Waals surface area contributed by atoms with Crippen LogP contribution in [-0.4, -0.2) is 89.9 Å². The molecule has 0 saturated carbocycles. The lowest BCUT2D eigenvalue weighted by Crippen LogP contribution is -2.36. The Morgan fingerprint density at radius 2 is 1.97 bits per heavy atom. The number of amides is 1. The van der Waals surface area contributed by atoms with Crippen LogP contribution in [0.15, 0.2) is 30.5 Å². The van der Waals surface area contributed by atoms with E-state index in [1.165, 1.54) is 17.6 Å². The Morgan fingerprint density at radius 3 is 2.72 bits per heavy atom. The van der Waals surface area contributed by atoms with E-state index in [9.17, 15) is 13.2 Å². The van der Waals surface area contributed by atoms with Gasteiger partial charge in [-0.2, -0.15) is 5.10 Å². The fraction of sp³-hybridized carbons (Fsp3) is 0.417. The zero-order valence-electron chi connectivity index (χ0n) is 20.0. The molecule has 0 spiro atoms. The monoisotopic (exact) mass is 526 g/mol. The third-order valence-corrected chi connectivity index (χ3v) is 9.65. The number of sulfone groups is 1. The van der Waals surface area contributed by atoms with E-state index in [0.717, 1.165) is 27.0 Å². The van der Waals surface area contributed by atoms with Crippen LogP contribution in [0.2, 0.25) is 0 Å². The Bertz CT molecular complexity index is 1590. The summed E-state index contributed by atoms with van der Waals surface area (Å²) in [6, 6.07) is 7.78. The van der Waals surface area contributed by atoms with Crippen LogP contribution in [0, 0.1) is 0 Å². The number of morpholine rings is 1. The zero-order valence-corrected chi connectivity index (χ0v) is 21.7. The summed E-state index contributed by atoms with van der Waals surface area (Å²) in [6.45, 7) is 3.27. The lowest BCUT2D eigenvalue weighted by molar-refractivity contribution is 0.0798. The van der Waals surface area contributed by atoms with Gasteiger partial charge in [0.25, 0.3) is 5.91 Å². The Hall–Kier alpha value is -3.09. The van der Waals surface area contributed by atoms with Gasteiger partial charge in [-0.3, -0.25) is 9.48 Å². The molecule has 36 heavy (non-hydrogen) atoms. The summed E-state index contributed by atoms with van der Waals surface area (Å²) in [6.07, 6.45) is 3.52. The molecule has 2 aliphatic rings. The largest absolute Gasteiger partial charge is 0.378 e. The van der Waals surface area contributed by atoms with Crippen molar-refractivity contribution in [2.75, 3.05) is 50.5 Å². The Morgan fingerprint density at radius 1 is 1.17 bits per heavy atom. The summed E-state index contributed by atoms with van der Waals surface area (Å²) in [5.74, 6) is 1.21. The molecule has 10 nitrogen and oxygen atoms in total. The van der Waals surface area contributed by atoms with Gasteiger partial charge >= 0.3 is 0 Å². The van der Waals surface area contributed by atoms with E-state index < -0.39 is 15.1 Å². The highest BCUT2D eigenvalue weighted by atomic mass is 32.2. The Kier molecular flexibility index (Phi) is 5.69. The van der Waals surface area contributed by atoms with Crippen molar-refractivity contribution < 1.29 is 17.9 Å². The molecule has 0 bridgehead atoms. The summed E-state index contributed by atoms with van der Waals surface area (Å²) in [5.41, 5.74) is 2.57. The first-order valence-electron chi connectivity index (χ1n) is 11.8. The Balaban J connectivity index is 1.45. The van der Waals surface area contributed by atoms with Gasteiger partial charge in [0.05, 0.1) is 45.3 Å². The van der Waals surface area contributed by atoms with Crippen LogP contribution in [-0.2, 0) is 21.6 Å². The van der Waals surface area contributed by atoms with Crippen molar-refractivity contribution in [2.45, 2.75) is 11.7 Å². The molecule has 5 heterocycles. The van der Waals surface area contributed by atoms with Crippen LogP contribution in [0.5, 0.6) is 0 Å². The van der Waals surface area contributed by atoms with Gasteiger partial charge in [0.1, 0.15) is 0 Å². The SMILES string of the molecule is Cn1ncc2c(-c3nc(N4CCOCC4)c4sc(C(=O)N5CCC(S(C)(=O)=O)C5)cc4n3)cccc21. The average molecular weight is 527 g/mol. The number of rotatable bonds is 4. The molecular weight excluding hydrogens is 500 g/mol. The van der Waals surface area contributed by atoms with Crippen LogP contribution in [0.3, 0.4) is 0 Å². The number of hydrogen-bond donors (Lipinski definition) is 0. The second-order valence-electron chi connectivity index (χ2n) is 9.29. The molecule has 2 aliphatic heterocycles. The lowest BCUT2D eigenvalue weighted by Gasteiger charge is -2.28. The molecule has 1 aromatic carbocycles. The minimum atomic E-state index is -3.19. The highest BCUT2D eigenvalue weighted by molar-refractivity contribution is 7.91. The number of fused-ring (bicyclic) bond motifs is 2. The number of hydrogen-bond acceptors (Lipinski definition) is 9. The number of carbonyl (C=O) groups excluding carboxylic acids is 1. The van der Waals surface area contributed by atoms with Crippen molar-refractivity contribution >= 4 is 54.0 Å². The first kappa shape index (κ1) is 23.3. The van der Waals surface area contributed by atoms with Crippen molar-refractivity contribution in [3.05, 3.63) is 35.3 Å². The summed E-state index contributed by atoms with van der Waals surface area (Å²) in [7, 11) is -1.29. The Labute approximate surface area is 212 Å². The number of aromatic nitrogens is 4. The quantitative estimate of drug-likeness (QED) is 0.399. The van der Waals surface area contributed by atoms with Gasteiger partial charge in [-0.05, 0) is 18.6 Å². The normalized spacial score (nSPS) is 19.0. The van der Waals surface area contributed by atoms with Crippen LogP contribution < -0.4 is 4.90 Å². The molecule has 0 N–H and O–H groups in total. The van der Waals surface area contributed by atoms with Gasteiger partial charge in [-0.15, -0.1) is 11.3 Å². The number of ether oxygens (including phenoxy) is 1. The van der Waals surface area contributed by atoms with E-state index in [4.69, 9.17) is 14.7 Å². The molecule has 6 rings (SSSR count). The fourth-order valence-electron chi connectivity index (χ4n) is 4.92. The van der Waals surface area contributed by atoms with Gasteiger partial charge in [0, 0.05) is 50.4 Å². The molecule has 3 aromatic heterocycles. The van der Waals surface area contributed by atoms with Crippen molar-refractivity contribution in [1.82, 2.24) is 24.6 Å². The number of thiophene rings is 1. The number of likely N-dealkylation sites (tertiary alicyclic amines) is 1. The lowest BCUT2D eigenvalue weighted by atomic mass is 10.1. The van der Waals surface area contributed by atoms with E-state index in [1.54, 1.807) is 4.90 Å². The van der Waals surface area contributed by atoms with E-state index in [1.807, 2.05) is 42.2 Å². The predicted molar refractivity (Wildman–Crippen MR) is 139 cm³/mol. The number of anilines is 1. The van der Waals surface area contributed by atoms with Crippen LogP contribution in [0.1, 0.15) is 16.1 Å². The smallest absolute Gasteiger partial charge is 0.264 e. The van der Waals surface area contributed by atoms with Gasteiger partial charge < -0.3 is 14.5 Å². The second kappa shape index (κ2) is 8.79. The summed E-state index contributed by atoms with van der Waals surface area (Å²) < 4.78 is 32.2. The van der Waals surface area contributed by atoms with Crippen LogP contribution in [0.25, 0.3) is 32.5 Å². The molecule has 2 fully saturated rings. The number of benzene rings is 1. The van der Waals surface area contributed by atoms with E-state index in [0.29, 0.717) is 55.5 Å². The van der Waals surface area contributed by atoms with Gasteiger partial charge in [-0.25, -0.2) is 18.4 Å². The molecule has 1 unspecified atom stereocenters. The van der Waals surface area contributed by atoms with Crippen molar-refractivity contribution in [1.29, 1.82) is 0 Å². The summed E-state index contributed by atoms with van der Waals surface area (Å²) >= 11 is 1.37. The van der Waals surface area contributed by atoms with Crippen LogP contribution >= 0.6 is 11.3 Å². The minimum Gasteiger partial charge on any atom is -0.378 e. The zero-order chi connectivity index (χ0) is 25.0. The fourth-order valence-corrected chi connectivity index (χ4v) is 6.99. The van der Waals surface area contributed by atoms with Crippen molar-refractivity contribution in [3.63, 3.8) is 0 Å². The second-order valence-corrected chi connectivity index (χ2v) is 12.7. The molecule has 1 atom stereocenters. The maximum Gasteiger partial charge on any atom is 0.264 e. The minimum absolute atomic E-state index is 0.159. The standard InChI is InChI=1S/C24H26N6O4S2/c1-28-19-5-3-4-16(17(19)13-25-28)22-26-18-12-20(24(31)30-7-6-15(14-30)36(2,32)33)35-21(18)23(27-22)29-8-10-34-11-9-29/h3-5,12-13,15H,6-11,14H2,1-2H3. The van der Waals surface area contributed by atoms with Crippen molar-refractivity contribution in [3.8, 4) is 11.4 Å². The van der Waals surface area contributed by atoms with E-state index in [-0.39, 0.29) is 12.5 Å². The molecule has 12 heteroatoms. The molecule has 2 saturated heterocycles. The number of aryl methyl sites for hydroxylation is 1. The van der Waals surface area contributed by atoms with Gasteiger partial charge in [0.15, 0.2) is 21.5 Å². The molecular formula is C24H26N6O4S2. The average Bonchev–Trinajstić information content (AvgIpc) is 3.62. The van der Waals surface area contributed by atoms with Crippen molar-refractivity contribution in [2.24, 2.45) is 7.05 Å². The van der Waals surface area contributed by atoms with Gasteiger partial charge in [-0.1, -0.05) is 12.1 Å². The number of nitrogens with zero attached hydrogens (tertiary/aromatic N) is 6. The first-order chi connectivity index (χ1) is 17.3.